The molecular formula is C15H26IN5O2. The summed E-state index contributed by atoms with van der Waals surface area (Å²) in [6, 6.07) is 2.04. The Labute approximate surface area is 154 Å². The largest absolute Gasteiger partial charge is 0.378 e. The molecule has 1 aromatic heterocycles. The van der Waals surface area contributed by atoms with E-state index in [1.54, 1.807) is 0 Å². The third kappa shape index (κ3) is 4.36. The first-order valence-electron chi connectivity index (χ1n) is 8.05. The molecule has 2 fully saturated rings. The summed E-state index contributed by atoms with van der Waals surface area (Å²) in [6.45, 7) is 7.51. The molecule has 0 aliphatic carbocycles. The number of hydrogen-bond donors (Lipinski definition) is 1. The molecule has 3 heterocycles. The fourth-order valence-corrected chi connectivity index (χ4v) is 3.10. The van der Waals surface area contributed by atoms with Crippen LogP contribution in [0.15, 0.2) is 17.3 Å². The summed E-state index contributed by atoms with van der Waals surface area (Å²) >= 11 is 0. The zero-order chi connectivity index (χ0) is 15.4. The predicted octanol–water partition coefficient (Wildman–Crippen LogP) is 1.25. The van der Waals surface area contributed by atoms with Gasteiger partial charge in [-0.25, -0.2) is 0 Å². The van der Waals surface area contributed by atoms with Crippen molar-refractivity contribution in [2.75, 3.05) is 39.5 Å². The Hall–Kier alpha value is -0.870. The van der Waals surface area contributed by atoms with E-state index in [4.69, 9.17) is 15.2 Å². The molecule has 0 radical (unpaired) electrons. The third-order valence-corrected chi connectivity index (χ3v) is 4.38. The fraction of sp³-hybridized carbons (Fsp3) is 0.733. The number of aromatic nitrogens is 2. The zero-order valence-corrected chi connectivity index (χ0v) is 15.9. The van der Waals surface area contributed by atoms with Gasteiger partial charge >= 0.3 is 0 Å². The van der Waals surface area contributed by atoms with Gasteiger partial charge in [-0.2, -0.15) is 5.10 Å². The van der Waals surface area contributed by atoms with E-state index < -0.39 is 0 Å². The molecule has 7 nitrogen and oxygen atoms in total. The van der Waals surface area contributed by atoms with Crippen LogP contribution in [0.4, 0.5) is 0 Å². The smallest absolute Gasteiger partial charge is 0.191 e. The third-order valence-electron chi connectivity index (χ3n) is 4.38. The van der Waals surface area contributed by atoms with Crippen LogP contribution in [0, 0.1) is 5.92 Å². The van der Waals surface area contributed by atoms with Crippen molar-refractivity contribution in [3.05, 3.63) is 18.0 Å². The highest BCUT2D eigenvalue weighted by molar-refractivity contribution is 14.0. The maximum absolute atomic E-state index is 6.11. The van der Waals surface area contributed by atoms with Crippen LogP contribution in [-0.4, -0.2) is 60.1 Å². The van der Waals surface area contributed by atoms with Crippen molar-refractivity contribution in [1.29, 1.82) is 0 Å². The number of guanidine groups is 1. The average molecular weight is 435 g/mol. The Bertz CT molecular complexity index is 516. The SMILES string of the molecule is CCn1nccc1[C@@H]1OCC[C@H]1CN=C(N)N1CCOCC1.I. The van der Waals surface area contributed by atoms with Gasteiger partial charge in [-0.1, -0.05) is 0 Å². The molecule has 0 spiro atoms. The first-order valence-corrected chi connectivity index (χ1v) is 8.05. The molecule has 2 aliphatic heterocycles. The highest BCUT2D eigenvalue weighted by Gasteiger charge is 2.31. The van der Waals surface area contributed by atoms with E-state index in [1.807, 2.05) is 16.9 Å². The van der Waals surface area contributed by atoms with Crippen LogP contribution < -0.4 is 5.73 Å². The molecule has 2 aliphatic rings. The lowest BCUT2D eigenvalue weighted by molar-refractivity contribution is 0.0670. The standard InChI is InChI=1S/C15H25N5O2.HI/c1-2-20-13(3-5-18-20)14-12(4-8-22-14)11-17-15(16)19-6-9-21-10-7-19;/h3,5,12,14H,2,4,6-11H2,1H3,(H2,16,17);1H/t12-,14+;/m0./s1. The number of halogens is 1. The number of nitrogens with zero attached hydrogens (tertiary/aromatic N) is 4. The van der Waals surface area contributed by atoms with E-state index in [9.17, 15) is 0 Å². The monoisotopic (exact) mass is 435 g/mol. The lowest BCUT2D eigenvalue weighted by Crippen LogP contribution is -2.45. The zero-order valence-electron chi connectivity index (χ0n) is 13.6. The van der Waals surface area contributed by atoms with Crippen LogP contribution in [0.3, 0.4) is 0 Å². The number of hydrogen-bond acceptors (Lipinski definition) is 4. The van der Waals surface area contributed by atoms with E-state index in [1.165, 1.54) is 0 Å². The van der Waals surface area contributed by atoms with Crippen molar-refractivity contribution in [2.45, 2.75) is 26.0 Å². The topological polar surface area (TPSA) is 77.9 Å². The summed E-state index contributed by atoms with van der Waals surface area (Å²) < 4.78 is 13.3. The van der Waals surface area contributed by atoms with Crippen LogP contribution in [0.2, 0.25) is 0 Å². The van der Waals surface area contributed by atoms with Gasteiger partial charge in [0.1, 0.15) is 6.10 Å². The highest BCUT2D eigenvalue weighted by atomic mass is 127. The summed E-state index contributed by atoms with van der Waals surface area (Å²) in [5, 5.41) is 4.34. The van der Waals surface area contributed by atoms with Gasteiger partial charge < -0.3 is 20.1 Å². The Morgan fingerprint density at radius 2 is 2.17 bits per heavy atom. The molecule has 8 heteroatoms. The molecule has 0 saturated carbocycles. The molecule has 2 atom stereocenters. The van der Waals surface area contributed by atoms with Gasteiger partial charge in [0.25, 0.3) is 0 Å². The molecule has 0 bridgehead atoms. The van der Waals surface area contributed by atoms with Gasteiger partial charge in [-0.3, -0.25) is 9.67 Å². The molecule has 23 heavy (non-hydrogen) atoms. The van der Waals surface area contributed by atoms with E-state index >= 15 is 0 Å². The molecule has 0 aromatic carbocycles. The summed E-state index contributed by atoms with van der Waals surface area (Å²) in [5.74, 6) is 0.986. The summed E-state index contributed by atoms with van der Waals surface area (Å²) in [7, 11) is 0. The van der Waals surface area contributed by atoms with Crippen LogP contribution in [0.5, 0.6) is 0 Å². The van der Waals surface area contributed by atoms with E-state index in [2.05, 4.69) is 21.9 Å². The van der Waals surface area contributed by atoms with Crippen LogP contribution in [0.1, 0.15) is 25.1 Å². The molecule has 130 valence electrons. The van der Waals surface area contributed by atoms with Gasteiger partial charge in [0.05, 0.1) is 18.9 Å². The van der Waals surface area contributed by atoms with Gasteiger partial charge in [-0.05, 0) is 19.4 Å². The van der Waals surface area contributed by atoms with Gasteiger partial charge in [0.2, 0.25) is 0 Å². The number of aryl methyl sites for hydroxylation is 1. The first kappa shape index (κ1) is 18.5. The van der Waals surface area contributed by atoms with Crippen molar-refractivity contribution in [1.82, 2.24) is 14.7 Å². The van der Waals surface area contributed by atoms with Crippen LogP contribution >= 0.6 is 24.0 Å². The second-order valence-corrected chi connectivity index (χ2v) is 5.71. The van der Waals surface area contributed by atoms with Crippen LogP contribution in [0.25, 0.3) is 0 Å². The molecule has 0 unspecified atom stereocenters. The van der Waals surface area contributed by atoms with Gasteiger partial charge in [0, 0.05) is 44.9 Å². The van der Waals surface area contributed by atoms with Gasteiger partial charge in [-0.15, -0.1) is 24.0 Å². The summed E-state index contributed by atoms with van der Waals surface area (Å²) in [5.41, 5.74) is 7.25. The molecule has 3 rings (SSSR count). The lowest BCUT2D eigenvalue weighted by Gasteiger charge is -2.28. The van der Waals surface area contributed by atoms with Crippen LogP contribution in [-0.2, 0) is 16.0 Å². The Morgan fingerprint density at radius 1 is 1.39 bits per heavy atom. The number of nitrogens with two attached hydrogens (primary N) is 1. The quantitative estimate of drug-likeness (QED) is 0.438. The van der Waals surface area contributed by atoms with E-state index in [-0.39, 0.29) is 30.1 Å². The van der Waals surface area contributed by atoms with Crippen molar-refractivity contribution in [3.8, 4) is 0 Å². The fourth-order valence-electron chi connectivity index (χ4n) is 3.10. The summed E-state index contributed by atoms with van der Waals surface area (Å²) in [6.07, 6.45) is 2.92. The number of rotatable bonds is 4. The summed E-state index contributed by atoms with van der Waals surface area (Å²) in [4.78, 5) is 6.69. The lowest BCUT2D eigenvalue weighted by atomic mass is 9.99. The predicted molar refractivity (Wildman–Crippen MR) is 99.0 cm³/mol. The van der Waals surface area contributed by atoms with Gasteiger partial charge in [0.15, 0.2) is 5.96 Å². The molecule has 0 amide bonds. The van der Waals surface area contributed by atoms with Crippen molar-refractivity contribution in [2.24, 2.45) is 16.6 Å². The minimum Gasteiger partial charge on any atom is -0.378 e. The number of aliphatic imine (C=N–C) groups is 1. The minimum atomic E-state index is 0. The molecule has 1 aromatic rings. The minimum absolute atomic E-state index is 0. The number of morpholine rings is 1. The Balaban J connectivity index is 0.00000192. The second-order valence-electron chi connectivity index (χ2n) is 5.71. The maximum Gasteiger partial charge on any atom is 0.191 e. The molecular weight excluding hydrogens is 409 g/mol. The number of ether oxygens (including phenoxy) is 2. The average Bonchev–Trinajstić information content (AvgIpc) is 3.21. The Morgan fingerprint density at radius 3 is 2.91 bits per heavy atom. The van der Waals surface area contributed by atoms with E-state index in [0.717, 1.165) is 51.6 Å². The normalized spacial score (nSPS) is 25.4. The Kier molecular flexibility index (Phi) is 7.09. The first-order chi connectivity index (χ1) is 10.8. The van der Waals surface area contributed by atoms with E-state index in [0.29, 0.717) is 18.4 Å². The van der Waals surface area contributed by atoms with Crippen molar-refractivity contribution in [3.63, 3.8) is 0 Å². The van der Waals surface area contributed by atoms with Crippen molar-refractivity contribution >= 4 is 29.9 Å². The second kappa shape index (κ2) is 8.84. The maximum atomic E-state index is 6.11. The van der Waals surface area contributed by atoms with Crippen molar-refractivity contribution < 1.29 is 9.47 Å². The molecule has 2 N–H and O–H groups in total. The molecule has 2 saturated heterocycles. The highest BCUT2D eigenvalue weighted by Crippen LogP contribution is 2.34.